The van der Waals surface area contributed by atoms with Crippen LogP contribution in [0.5, 0.6) is 0 Å². The maximum absolute atomic E-state index is 12.8. The molecule has 10 nitrogen and oxygen atoms in total. The number of halogens is 3. The van der Waals surface area contributed by atoms with Crippen molar-refractivity contribution in [2.45, 2.75) is 28.4 Å². The number of ether oxygens (including phenoxy) is 4. The van der Waals surface area contributed by atoms with Gasteiger partial charge in [-0.05, 0) is 29.8 Å². The number of hydrogen-bond acceptors (Lipinski definition) is 8. The summed E-state index contributed by atoms with van der Waals surface area (Å²) < 4.78 is 19.9. The van der Waals surface area contributed by atoms with Gasteiger partial charge in [-0.25, -0.2) is 9.59 Å². The largest absolute Gasteiger partial charge is 0.452 e. The van der Waals surface area contributed by atoms with Gasteiger partial charge in [-0.1, -0.05) is 76.3 Å². The highest BCUT2D eigenvalue weighted by atomic mass is 35.6. The van der Waals surface area contributed by atoms with Crippen molar-refractivity contribution in [2.75, 3.05) is 6.54 Å². The van der Waals surface area contributed by atoms with Gasteiger partial charge < -0.3 is 18.9 Å². The second-order valence-electron chi connectivity index (χ2n) is 6.87. The minimum absolute atomic E-state index is 0.198. The van der Waals surface area contributed by atoms with Crippen molar-refractivity contribution in [3.8, 4) is 0 Å². The first-order valence-corrected chi connectivity index (χ1v) is 10.8. The van der Waals surface area contributed by atoms with E-state index in [0.717, 1.165) is 0 Å². The maximum atomic E-state index is 12.8. The summed E-state index contributed by atoms with van der Waals surface area (Å²) in [5.74, 6) is -2.35. The molecule has 2 aromatic rings. The van der Waals surface area contributed by atoms with Gasteiger partial charge in [0, 0.05) is 4.91 Å². The standard InChI is InChI=1S/C21H17Cl3N4O6/c22-21(23,24)20(25)34-19-16(33-18(30)13-9-5-2-6-10-13)15(14(31-19)11-27-28-26)32-17(29)12-7-3-1-4-8-12/h1-10,14-16,19,25H,11H2/t14-,15+,16?,19?/m1/s1. The fourth-order valence-corrected chi connectivity index (χ4v) is 3.17. The van der Waals surface area contributed by atoms with Gasteiger partial charge in [0.15, 0.2) is 6.10 Å². The molecule has 0 radical (unpaired) electrons. The van der Waals surface area contributed by atoms with E-state index in [1.54, 1.807) is 36.4 Å². The lowest BCUT2D eigenvalue weighted by molar-refractivity contribution is -0.120. The number of alkyl halides is 3. The van der Waals surface area contributed by atoms with E-state index in [9.17, 15) is 9.59 Å². The Morgan fingerprint density at radius 1 is 0.941 bits per heavy atom. The molecule has 34 heavy (non-hydrogen) atoms. The van der Waals surface area contributed by atoms with Crippen molar-refractivity contribution in [3.05, 3.63) is 82.2 Å². The van der Waals surface area contributed by atoms with Crippen molar-refractivity contribution >= 4 is 52.6 Å². The first-order chi connectivity index (χ1) is 16.2. The van der Waals surface area contributed by atoms with Crippen LogP contribution in [-0.4, -0.2) is 52.8 Å². The van der Waals surface area contributed by atoms with Gasteiger partial charge in [0.05, 0.1) is 17.7 Å². The summed E-state index contributed by atoms with van der Waals surface area (Å²) >= 11 is 17.1. The van der Waals surface area contributed by atoms with Crippen LogP contribution < -0.4 is 0 Å². The Labute approximate surface area is 208 Å². The van der Waals surface area contributed by atoms with Gasteiger partial charge >= 0.3 is 11.9 Å². The van der Waals surface area contributed by atoms with E-state index in [0.29, 0.717) is 0 Å². The third-order valence-corrected chi connectivity index (χ3v) is 5.10. The highest BCUT2D eigenvalue weighted by Gasteiger charge is 2.52. The van der Waals surface area contributed by atoms with Crippen LogP contribution in [0.1, 0.15) is 20.7 Å². The Balaban J connectivity index is 1.92. The molecule has 1 aliphatic heterocycles. The average molecular weight is 528 g/mol. The quantitative estimate of drug-likeness (QED) is 0.104. The predicted molar refractivity (Wildman–Crippen MR) is 123 cm³/mol. The fraction of sp³-hybridized carbons (Fsp3) is 0.286. The van der Waals surface area contributed by atoms with Crippen LogP contribution in [0.25, 0.3) is 10.4 Å². The number of hydrogen-bond donors (Lipinski definition) is 1. The molecule has 1 saturated heterocycles. The topological polar surface area (TPSA) is 144 Å². The molecule has 178 valence electrons. The molecule has 1 heterocycles. The van der Waals surface area contributed by atoms with Gasteiger partial charge in [-0.2, -0.15) is 0 Å². The Bertz CT molecular complexity index is 1080. The van der Waals surface area contributed by atoms with Crippen LogP contribution in [0.2, 0.25) is 0 Å². The van der Waals surface area contributed by atoms with Crippen LogP contribution >= 0.6 is 34.8 Å². The second-order valence-corrected chi connectivity index (χ2v) is 9.15. The minimum Gasteiger partial charge on any atom is -0.452 e. The van der Waals surface area contributed by atoms with E-state index in [-0.39, 0.29) is 17.7 Å². The Morgan fingerprint density at radius 3 is 1.91 bits per heavy atom. The van der Waals surface area contributed by atoms with Crippen LogP contribution in [-0.2, 0) is 18.9 Å². The number of carbonyl (C=O) groups excluding carboxylic acids is 2. The van der Waals surface area contributed by atoms with E-state index < -0.39 is 46.2 Å². The number of carbonyl (C=O) groups is 2. The normalized spacial score (nSPS) is 21.7. The van der Waals surface area contributed by atoms with Gasteiger partial charge in [-0.15, -0.1) is 0 Å². The lowest BCUT2D eigenvalue weighted by Crippen LogP contribution is -2.43. The molecule has 0 bridgehead atoms. The molecule has 1 fully saturated rings. The number of nitrogens with zero attached hydrogens (tertiary/aromatic N) is 3. The molecule has 2 aromatic carbocycles. The molecule has 0 saturated carbocycles. The van der Waals surface area contributed by atoms with Crippen molar-refractivity contribution in [3.63, 3.8) is 0 Å². The zero-order valence-corrected chi connectivity index (χ0v) is 19.5. The number of benzene rings is 2. The van der Waals surface area contributed by atoms with Crippen LogP contribution in [0, 0.1) is 5.41 Å². The molecule has 1 N–H and O–H groups in total. The van der Waals surface area contributed by atoms with Crippen LogP contribution in [0.3, 0.4) is 0 Å². The SMILES string of the molecule is [N-]=[N+]=NC[C@H]1OC(OC(=N)C(Cl)(Cl)Cl)C(OC(=O)c2ccccc2)[C@H]1OC(=O)c1ccccc1. The van der Waals surface area contributed by atoms with E-state index in [1.165, 1.54) is 24.3 Å². The highest BCUT2D eigenvalue weighted by Crippen LogP contribution is 2.34. The Hall–Kier alpha value is -3.01. The molecule has 1 aliphatic rings. The fourth-order valence-electron chi connectivity index (χ4n) is 3.03. The van der Waals surface area contributed by atoms with Gasteiger partial charge in [0.1, 0.15) is 6.10 Å². The van der Waals surface area contributed by atoms with E-state index in [4.69, 9.17) is 64.7 Å². The maximum Gasteiger partial charge on any atom is 0.338 e. The van der Waals surface area contributed by atoms with Crippen LogP contribution in [0.4, 0.5) is 0 Å². The summed E-state index contributed by atoms with van der Waals surface area (Å²) in [5.41, 5.74) is 9.16. The van der Waals surface area contributed by atoms with Gasteiger partial charge in [-0.3, -0.25) is 5.41 Å². The van der Waals surface area contributed by atoms with Gasteiger partial charge in [0.25, 0.3) is 3.79 Å². The van der Waals surface area contributed by atoms with Gasteiger partial charge in [0.2, 0.25) is 18.3 Å². The summed E-state index contributed by atoms with van der Waals surface area (Å²) in [4.78, 5) is 28.2. The first-order valence-electron chi connectivity index (χ1n) is 9.71. The second kappa shape index (κ2) is 11.4. The summed E-state index contributed by atoms with van der Waals surface area (Å²) in [7, 11) is 0. The summed E-state index contributed by atoms with van der Waals surface area (Å²) in [6.07, 6.45) is -5.28. The molecule has 0 aromatic heterocycles. The predicted octanol–water partition coefficient (Wildman–Crippen LogP) is 4.84. The number of esters is 2. The van der Waals surface area contributed by atoms with Crippen molar-refractivity contribution in [2.24, 2.45) is 5.11 Å². The lowest BCUT2D eigenvalue weighted by Gasteiger charge is -2.25. The third-order valence-electron chi connectivity index (χ3n) is 4.59. The molecule has 3 rings (SSSR count). The number of nitrogens with one attached hydrogen (secondary N) is 1. The Morgan fingerprint density at radius 2 is 1.44 bits per heavy atom. The Kier molecular flexibility index (Phi) is 8.60. The number of azide groups is 1. The molecule has 4 atom stereocenters. The monoisotopic (exact) mass is 526 g/mol. The molecule has 0 aliphatic carbocycles. The lowest BCUT2D eigenvalue weighted by atomic mass is 10.1. The molecule has 0 amide bonds. The minimum atomic E-state index is -2.24. The smallest absolute Gasteiger partial charge is 0.338 e. The zero-order valence-electron chi connectivity index (χ0n) is 17.2. The molecule has 2 unspecified atom stereocenters. The first kappa shape index (κ1) is 25.6. The summed E-state index contributed by atoms with van der Waals surface area (Å²) in [5, 5.41) is 11.3. The van der Waals surface area contributed by atoms with Crippen molar-refractivity contribution < 1.29 is 28.5 Å². The molecule has 13 heteroatoms. The molecule has 0 spiro atoms. The number of rotatable bonds is 7. The molecular weight excluding hydrogens is 511 g/mol. The van der Waals surface area contributed by atoms with Crippen molar-refractivity contribution in [1.82, 2.24) is 0 Å². The van der Waals surface area contributed by atoms with E-state index in [1.807, 2.05) is 0 Å². The molecular formula is C21H17Cl3N4O6. The summed E-state index contributed by atoms with van der Waals surface area (Å²) in [6.45, 7) is -0.302. The third kappa shape index (κ3) is 6.53. The summed E-state index contributed by atoms with van der Waals surface area (Å²) in [6, 6.07) is 16.0. The zero-order chi connectivity index (χ0) is 24.7. The van der Waals surface area contributed by atoms with Crippen LogP contribution in [0.15, 0.2) is 65.8 Å². The van der Waals surface area contributed by atoms with E-state index >= 15 is 0 Å². The van der Waals surface area contributed by atoms with E-state index in [2.05, 4.69) is 10.0 Å². The highest BCUT2D eigenvalue weighted by molar-refractivity contribution is 6.76. The average Bonchev–Trinajstić information content (AvgIpc) is 3.13. The van der Waals surface area contributed by atoms with Crippen molar-refractivity contribution in [1.29, 1.82) is 5.41 Å².